The highest BCUT2D eigenvalue weighted by Crippen LogP contribution is 2.13. The van der Waals surface area contributed by atoms with Gasteiger partial charge >= 0.3 is 0 Å². The Balaban J connectivity index is 4.29. The van der Waals surface area contributed by atoms with Gasteiger partial charge in [-0.25, -0.2) is 0 Å². The Morgan fingerprint density at radius 2 is 1.88 bits per heavy atom. The summed E-state index contributed by atoms with van der Waals surface area (Å²) in [6, 6.07) is -0.513. The van der Waals surface area contributed by atoms with Gasteiger partial charge in [0.25, 0.3) is 0 Å². The number of nitrogens with two attached hydrogens (primary N) is 1. The highest BCUT2D eigenvalue weighted by Gasteiger charge is 2.28. The van der Waals surface area contributed by atoms with Gasteiger partial charge in [0.15, 0.2) is 0 Å². The van der Waals surface area contributed by atoms with E-state index in [0.717, 1.165) is 6.42 Å². The standard InChI is InChI=1S/C12H25N3O2/c1-6-8(2)9(13)10(16)15-7-12(3,4)11(17)14-5/h8-9H,6-7,13H2,1-5H3,(H,14,17)(H,15,16). The van der Waals surface area contributed by atoms with Gasteiger partial charge in [-0.05, 0) is 19.8 Å². The molecule has 0 rings (SSSR count). The average Bonchev–Trinajstić information content (AvgIpc) is 2.32. The van der Waals surface area contributed by atoms with E-state index in [0.29, 0.717) is 0 Å². The lowest BCUT2D eigenvalue weighted by molar-refractivity contribution is -0.129. The zero-order valence-electron chi connectivity index (χ0n) is 11.5. The fourth-order valence-corrected chi connectivity index (χ4v) is 1.36. The minimum absolute atomic E-state index is 0.102. The second kappa shape index (κ2) is 6.59. The van der Waals surface area contributed by atoms with Gasteiger partial charge in [0.1, 0.15) is 0 Å². The minimum Gasteiger partial charge on any atom is -0.359 e. The van der Waals surface area contributed by atoms with Crippen molar-refractivity contribution in [3.63, 3.8) is 0 Å². The molecular weight excluding hydrogens is 218 g/mol. The molecule has 0 saturated carbocycles. The number of amides is 2. The zero-order chi connectivity index (χ0) is 13.6. The first-order chi connectivity index (χ1) is 7.76. The van der Waals surface area contributed by atoms with E-state index in [1.807, 2.05) is 13.8 Å². The van der Waals surface area contributed by atoms with Crippen LogP contribution in [0.3, 0.4) is 0 Å². The van der Waals surface area contributed by atoms with Crippen molar-refractivity contribution >= 4 is 11.8 Å². The monoisotopic (exact) mass is 243 g/mol. The summed E-state index contributed by atoms with van der Waals surface area (Å²) in [4.78, 5) is 23.2. The quantitative estimate of drug-likeness (QED) is 0.625. The molecule has 5 heteroatoms. The van der Waals surface area contributed by atoms with E-state index in [9.17, 15) is 9.59 Å². The molecule has 5 nitrogen and oxygen atoms in total. The molecule has 0 aliphatic carbocycles. The lowest BCUT2D eigenvalue weighted by Gasteiger charge is -2.25. The SMILES string of the molecule is CCC(C)C(N)C(=O)NCC(C)(C)C(=O)NC. The van der Waals surface area contributed by atoms with E-state index in [4.69, 9.17) is 5.73 Å². The van der Waals surface area contributed by atoms with Gasteiger partial charge < -0.3 is 16.4 Å². The number of hydrogen-bond donors (Lipinski definition) is 3. The van der Waals surface area contributed by atoms with Crippen LogP contribution in [-0.4, -0.2) is 31.4 Å². The fourth-order valence-electron chi connectivity index (χ4n) is 1.36. The highest BCUT2D eigenvalue weighted by atomic mass is 16.2. The van der Waals surface area contributed by atoms with Gasteiger partial charge in [-0.2, -0.15) is 0 Å². The van der Waals surface area contributed by atoms with Crippen molar-refractivity contribution in [2.45, 2.75) is 40.2 Å². The van der Waals surface area contributed by atoms with Crippen LogP contribution in [0.1, 0.15) is 34.1 Å². The van der Waals surface area contributed by atoms with Crippen LogP contribution >= 0.6 is 0 Å². The summed E-state index contributed by atoms with van der Waals surface area (Å²) in [5.41, 5.74) is 5.17. The van der Waals surface area contributed by atoms with Crippen molar-refractivity contribution in [2.75, 3.05) is 13.6 Å². The van der Waals surface area contributed by atoms with Crippen LogP contribution in [0.25, 0.3) is 0 Å². The van der Waals surface area contributed by atoms with Crippen molar-refractivity contribution in [3.05, 3.63) is 0 Å². The molecule has 0 aromatic heterocycles. The molecule has 2 unspecified atom stereocenters. The number of carbonyl (C=O) groups is 2. The third-order valence-electron chi connectivity index (χ3n) is 3.11. The molecule has 2 atom stereocenters. The maximum atomic E-state index is 11.7. The molecule has 4 N–H and O–H groups in total. The molecule has 0 spiro atoms. The van der Waals surface area contributed by atoms with Crippen LogP contribution in [-0.2, 0) is 9.59 Å². The van der Waals surface area contributed by atoms with Gasteiger partial charge in [0.2, 0.25) is 11.8 Å². The topological polar surface area (TPSA) is 84.2 Å². The summed E-state index contributed by atoms with van der Waals surface area (Å²) < 4.78 is 0. The average molecular weight is 243 g/mol. The molecule has 0 aliphatic rings. The molecule has 0 fully saturated rings. The summed E-state index contributed by atoms with van der Waals surface area (Å²) in [5, 5.41) is 5.30. The molecule has 0 bridgehead atoms. The number of rotatable bonds is 6. The Morgan fingerprint density at radius 1 is 1.35 bits per heavy atom. The van der Waals surface area contributed by atoms with Crippen LogP contribution in [0, 0.1) is 11.3 Å². The largest absolute Gasteiger partial charge is 0.359 e. The molecule has 17 heavy (non-hydrogen) atoms. The zero-order valence-corrected chi connectivity index (χ0v) is 11.5. The van der Waals surface area contributed by atoms with Gasteiger partial charge in [-0.3, -0.25) is 9.59 Å². The minimum atomic E-state index is -0.625. The van der Waals surface area contributed by atoms with Crippen molar-refractivity contribution in [3.8, 4) is 0 Å². The van der Waals surface area contributed by atoms with Crippen LogP contribution in [0.2, 0.25) is 0 Å². The van der Waals surface area contributed by atoms with Gasteiger partial charge in [-0.1, -0.05) is 20.3 Å². The van der Waals surface area contributed by atoms with Crippen molar-refractivity contribution in [1.82, 2.24) is 10.6 Å². The lowest BCUT2D eigenvalue weighted by Crippen LogP contribution is -2.50. The molecule has 0 saturated heterocycles. The Labute approximate surface area is 104 Å². The van der Waals surface area contributed by atoms with Crippen LogP contribution < -0.4 is 16.4 Å². The van der Waals surface area contributed by atoms with Crippen molar-refractivity contribution in [2.24, 2.45) is 17.1 Å². The maximum absolute atomic E-state index is 11.7. The van der Waals surface area contributed by atoms with E-state index in [1.165, 1.54) is 0 Å². The fraction of sp³-hybridized carbons (Fsp3) is 0.833. The van der Waals surface area contributed by atoms with E-state index in [1.54, 1.807) is 20.9 Å². The van der Waals surface area contributed by atoms with Gasteiger partial charge in [-0.15, -0.1) is 0 Å². The maximum Gasteiger partial charge on any atom is 0.237 e. The van der Waals surface area contributed by atoms with Gasteiger partial charge in [0, 0.05) is 13.6 Å². The van der Waals surface area contributed by atoms with Gasteiger partial charge in [0.05, 0.1) is 11.5 Å². The molecule has 0 aliphatic heterocycles. The number of nitrogens with one attached hydrogen (secondary N) is 2. The second-order valence-electron chi connectivity index (χ2n) is 5.09. The van der Waals surface area contributed by atoms with E-state index >= 15 is 0 Å². The number of carbonyl (C=O) groups excluding carboxylic acids is 2. The summed E-state index contributed by atoms with van der Waals surface area (Å²) in [6.07, 6.45) is 0.855. The van der Waals surface area contributed by atoms with Crippen LogP contribution in [0.4, 0.5) is 0 Å². The van der Waals surface area contributed by atoms with E-state index < -0.39 is 11.5 Å². The predicted octanol–water partition coefficient (Wildman–Crippen LogP) is 0.248. The Morgan fingerprint density at radius 3 is 2.29 bits per heavy atom. The van der Waals surface area contributed by atoms with Crippen LogP contribution in [0.15, 0.2) is 0 Å². The molecule has 0 radical (unpaired) electrons. The van der Waals surface area contributed by atoms with E-state index in [-0.39, 0.29) is 24.3 Å². The predicted molar refractivity (Wildman–Crippen MR) is 68.3 cm³/mol. The molecule has 0 aromatic rings. The lowest BCUT2D eigenvalue weighted by atomic mass is 9.91. The third kappa shape index (κ3) is 4.73. The smallest absolute Gasteiger partial charge is 0.237 e. The third-order valence-corrected chi connectivity index (χ3v) is 3.11. The molecule has 2 amide bonds. The first-order valence-electron chi connectivity index (χ1n) is 6.01. The van der Waals surface area contributed by atoms with Crippen LogP contribution in [0.5, 0.6) is 0 Å². The van der Waals surface area contributed by atoms with Crippen molar-refractivity contribution in [1.29, 1.82) is 0 Å². The molecule has 0 aromatic carbocycles. The molecule has 0 heterocycles. The summed E-state index contributed by atoms with van der Waals surface area (Å²) in [6.45, 7) is 7.78. The van der Waals surface area contributed by atoms with E-state index in [2.05, 4.69) is 10.6 Å². The highest BCUT2D eigenvalue weighted by molar-refractivity contribution is 5.85. The normalized spacial score (nSPS) is 14.9. The second-order valence-corrected chi connectivity index (χ2v) is 5.09. The first-order valence-corrected chi connectivity index (χ1v) is 6.01. The molecular formula is C12H25N3O2. The summed E-state index contributed by atoms with van der Waals surface area (Å²) in [5.74, 6) is -0.163. The number of hydrogen-bond acceptors (Lipinski definition) is 3. The Kier molecular flexibility index (Phi) is 6.16. The van der Waals surface area contributed by atoms with Crippen molar-refractivity contribution < 1.29 is 9.59 Å². The Bertz CT molecular complexity index is 277. The summed E-state index contributed by atoms with van der Waals surface area (Å²) >= 11 is 0. The Hall–Kier alpha value is -1.10. The first kappa shape index (κ1) is 15.9. The summed E-state index contributed by atoms with van der Waals surface area (Å²) in [7, 11) is 1.58. The molecule has 100 valence electrons.